The average Bonchev–Trinajstić information content (AvgIpc) is 2.39. The lowest BCUT2D eigenvalue weighted by molar-refractivity contribution is -0.0787. The Hall–Kier alpha value is -1.06. The summed E-state index contributed by atoms with van der Waals surface area (Å²) in [4.78, 5) is 2.68. The van der Waals surface area contributed by atoms with Gasteiger partial charge in [-0.15, -0.1) is 0 Å². The normalized spacial score (nSPS) is 24.5. The maximum atomic E-state index is 9.55. The molecule has 3 nitrogen and oxygen atoms in total. The summed E-state index contributed by atoms with van der Waals surface area (Å²) < 4.78 is 0. The van der Waals surface area contributed by atoms with Crippen molar-refractivity contribution in [3.8, 4) is 5.75 Å². The Morgan fingerprint density at radius 1 is 1.09 bits per heavy atom. The molecule has 124 valence electrons. The molecule has 0 saturated carbocycles. The van der Waals surface area contributed by atoms with Crippen LogP contribution < -0.4 is 5.32 Å². The lowest BCUT2D eigenvalue weighted by atomic mass is 9.66. The topological polar surface area (TPSA) is 35.5 Å². The molecule has 0 amide bonds. The third-order valence-electron chi connectivity index (χ3n) is 5.09. The molecule has 0 spiro atoms. The van der Waals surface area contributed by atoms with Crippen molar-refractivity contribution in [1.29, 1.82) is 0 Å². The van der Waals surface area contributed by atoms with Crippen molar-refractivity contribution in [2.24, 2.45) is 5.41 Å². The minimum Gasteiger partial charge on any atom is -0.508 e. The number of nitrogens with zero attached hydrogens (tertiary/aromatic N) is 1. The highest BCUT2D eigenvalue weighted by Crippen LogP contribution is 2.43. The van der Waals surface area contributed by atoms with E-state index in [2.05, 4.69) is 63.9 Å². The predicted molar refractivity (Wildman–Crippen MR) is 93.3 cm³/mol. The van der Waals surface area contributed by atoms with E-state index in [-0.39, 0.29) is 16.5 Å². The first kappa shape index (κ1) is 17.3. The summed E-state index contributed by atoms with van der Waals surface area (Å²) in [6, 6.07) is 7.70. The number of phenols is 1. The average molecular weight is 304 g/mol. The molecular formula is C19H32N2O. The van der Waals surface area contributed by atoms with Gasteiger partial charge in [0.1, 0.15) is 5.75 Å². The number of phenolic OH excluding ortho intramolecular Hbond substituents is 1. The summed E-state index contributed by atoms with van der Waals surface area (Å²) in [7, 11) is 0. The van der Waals surface area contributed by atoms with Gasteiger partial charge in [0.2, 0.25) is 0 Å². The number of aromatic hydroxyl groups is 1. The molecule has 0 aromatic heterocycles. The van der Waals surface area contributed by atoms with Gasteiger partial charge in [0.05, 0.1) is 0 Å². The fourth-order valence-corrected chi connectivity index (χ4v) is 3.82. The van der Waals surface area contributed by atoms with Crippen LogP contribution >= 0.6 is 0 Å². The van der Waals surface area contributed by atoms with Crippen LogP contribution in [0.25, 0.3) is 0 Å². The van der Waals surface area contributed by atoms with Gasteiger partial charge in [-0.05, 0) is 50.3 Å². The second kappa shape index (κ2) is 5.86. The maximum absolute atomic E-state index is 9.55. The van der Waals surface area contributed by atoms with Gasteiger partial charge in [0.25, 0.3) is 0 Å². The molecular weight excluding hydrogens is 272 g/mol. The minimum atomic E-state index is 0.0560. The van der Waals surface area contributed by atoms with Gasteiger partial charge in [0.15, 0.2) is 0 Å². The first-order valence-corrected chi connectivity index (χ1v) is 8.33. The van der Waals surface area contributed by atoms with Gasteiger partial charge < -0.3 is 10.4 Å². The van der Waals surface area contributed by atoms with E-state index in [1.165, 1.54) is 5.56 Å². The van der Waals surface area contributed by atoms with Crippen molar-refractivity contribution in [3.05, 3.63) is 29.8 Å². The number of hydrogen-bond donors (Lipinski definition) is 2. The van der Waals surface area contributed by atoms with Crippen LogP contribution in [0.15, 0.2) is 24.3 Å². The van der Waals surface area contributed by atoms with Crippen molar-refractivity contribution in [1.82, 2.24) is 10.2 Å². The molecule has 1 aromatic rings. The molecule has 1 heterocycles. The molecule has 0 unspecified atom stereocenters. The molecule has 1 aliphatic rings. The fourth-order valence-electron chi connectivity index (χ4n) is 3.82. The minimum absolute atomic E-state index is 0.0560. The lowest BCUT2D eigenvalue weighted by Crippen LogP contribution is -2.72. The van der Waals surface area contributed by atoms with Gasteiger partial charge in [-0.1, -0.05) is 32.9 Å². The Morgan fingerprint density at radius 3 is 2.18 bits per heavy atom. The fraction of sp³-hybridized carbons (Fsp3) is 0.684. The van der Waals surface area contributed by atoms with Gasteiger partial charge in [0, 0.05) is 30.7 Å². The van der Waals surface area contributed by atoms with Crippen LogP contribution in [-0.2, 0) is 6.42 Å². The first-order valence-electron chi connectivity index (χ1n) is 8.33. The van der Waals surface area contributed by atoms with Crippen LogP contribution in [-0.4, -0.2) is 40.7 Å². The lowest BCUT2D eigenvalue weighted by Gasteiger charge is -2.60. The van der Waals surface area contributed by atoms with Crippen molar-refractivity contribution in [3.63, 3.8) is 0 Å². The van der Waals surface area contributed by atoms with E-state index >= 15 is 0 Å². The van der Waals surface area contributed by atoms with E-state index in [1.54, 1.807) is 12.1 Å². The van der Waals surface area contributed by atoms with E-state index in [1.807, 2.05) is 0 Å². The quantitative estimate of drug-likeness (QED) is 0.879. The summed E-state index contributed by atoms with van der Waals surface area (Å²) in [6.07, 6.45) is 0.987. The van der Waals surface area contributed by atoms with Crippen molar-refractivity contribution >= 4 is 0 Å². The smallest absolute Gasteiger partial charge is 0.115 e. The summed E-state index contributed by atoms with van der Waals surface area (Å²) in [5.41, 5.74) is 1.61. The predicted octanol–water partition coefficient (Wildman–Crippen LogP) is 3.42. The number of piperazine rings is 1. The largest absolute Gasteiger partial charge is 0.508 e. The Labute approximate surface area is 135 Å². The molecule has 0 bridgehead atoms. The van der Waals surface area contributed by atoms with Gasteiger partial charge >= 0.3 is 0 Å². The highest BCUT2D eigenvalue weighted by atomic mass is 16.3. The SMILES string of the molecule is CC(C)(C)N1CCNC[C@@]1(Cc1ccc(O)cc1)C(C)(C)C. The second-order valence-corrected chi connectivity index (χ2v) is 8.62. The van der Waals surface area contributed by atoms with E-state index < -0.39 is 0 Å². The summed E-state index contributed by atoms with van der Waals surface area (Å²) in [5.74, 6) is 0.336. The first-order chi connectivity index (χ1) is 10.1. The third-order valence-corrected chi connectivity index (χ3v) is 5.09. The molecule has 2 N–H and O–H groups in total. The second-order valence-electron chi connectivity index (χ2n) is 8.62. The van der Waals surface area contributed by atoms with E-state index in [4.69, 9.17) is 0 Å². The number of nitrogens with one attached hydrogen (secondary N) is 1. The van der Waals surface area contributed by atoms with Crippen LogP contribution in [0.3, 0.4) is 0 Å². The van der Waals surface area contributed by atoms with Crippen molar-refractivity contribution in [2.45, 2.75) is 59.0 Å². The summed E-state index contributed by atoms with van der Waals surface area (Å²) in [5, 5.41) is 13.2. The van der Waals surface area contributed by atoms with Crippen LogP contribution in [0.1, 0.15) is 47.1 Å². The number of hydrogen-bond acceptors (Lipinski definition) is 3. The zero-order valence-corrected chi connectivity index (χ0v) is 15.0. The molecule has 1 saturated heterocycles. The molecule has 1 atom stereocenters. The third kappa shape index (κ3) is 3.31. The maximum Gasteiger partial charge on any atom is 0.115 e. The molecule has 2 rings (SSSR count). The number of benzene rings is 1. The van der Waals surface area contributed by atoms with Gasteiger partial charge in [-0.3, -0.25) is 4.90 Å². The highest BCUT2D eigenvalue weighted by Gasteiger charge is 2.51. The molecule has 22 heavy (non-hydrogen) atoms. The summed E-state index contributed by atoms with van der Waals surface area (Å²) >= 11 is 0. The van der Waals surface area contributed by atoms with Crippen LogP contribution in [0.2, 0.25) is 0 Å². The van der Waals surface area contributed by atoms with Crippen LogP contribution in [0.4, 0.5) is 0 Å². The summed E-state index contributed by atoms with van der Waals surface area (Å²) in [6.45, 7) is 17.1. The Bertz CT molecular complexity index is 496. The Morgan fingerprint density at radius 2 is 1.68 bits per heavy atom. The van der Waals surface area contributed by atoms with Crippen LogP contribution in [0, 0.1) is 5.41 Å². The molecule has 3 heteroatoms. The molecule has 1 aliphatic heterocycles. The standard InChI is InChI=1S/C19H32N2O/c1-17(2,3)19(13-15-7-9-16(22)10-8-15)14-20-11-12-21(19)18(4,5)6/h7-10,20,22H,11-14H2,1-6H3/t19-/m0/s1. The van der Waals surface area contributed by atoms with Crippen molar-refractivity contribution < 1.29 is 5.11 Å². The van der Waals surface area contributed by atoms with Gasteiger partial charge in [-0.25, -0.2) is 0 Å². The molecule has 1 fully saturated rings. The van der Waals surface area contributed by atoms with Crippen molar-refractivity contribution in [2.75, 3.05) is 19.6 Å². The zero-order chi connectivity index (χ0) is 16.6. The van der Waals surface area contributed by atoms with E-state index in [0.29, 0.717) is 5.75 Å². The van der Waals surface area contributed by atoms with Gasteiger partial charge in [-0.2, -0.15) is 0 Å². The number of rotatable bonds is 2. The zero-order valence-electron chi connectivity index (χ0n) is 15.0. The molecule has 0 radical (unpaired) electrons. The van der Waals surface area contributed by atoms with E-state index in [0.717, 1.165) is 26.1 Å². The molecule has 1 aromatic carbocycles. The highest BCUT2D eigenvalue weighted by molar-refractivity contribution is 5.28. The molecule has 0 aliphatic carbocycles. The van der Waals surface area contributed by atoms with E-state index in [9.17, 15) is 5.11 Å². The Kier molecular flexibility index (Phi) is 4.61. The van der Waals surface area contributed by atoms with Crippen LogP contribution in [0.5, 0.6) is 5.75 Å². The Balaban J connectivity index is 2.44. The monoisotopic (exact) mass is 304 g/mol.